The van der Waals surface area contributed by atoms with E-state index in [1.54, 1.807) is 4.57 Å². The van der Waals surface area contributed by atoms with Crippen LogP contribution in [0.3, 0.4) is 0 Å². The third-order valence-electron chi connectivity index (χ3n) is 4.88. The maximum atomic E-state index is 13.7. The molecule has 3 aromatic rings. The summed E-state index contributed by atoms with van der Waals surface area (Å²) < 4.78 is 39.3. The van der Waals surface area contributed by atoms with Crippen LogP contribution in [-0.2, 0) is 35.8 Å². The molecule has 1 aliphatic rings. The van der Waals surface area contributed by atoms with Crippen LogP contribution in [0.5, 0.6) is 0 Å². The summed E-state index contributed by atoms with van der Waals surface area (Å²) in [4.78, 5) is 11.8. The van der Waals surface area contributed by atoms with Gasteiger partial charge in [-0.15, -0.1) is 0 Å². The molecule has 1 aliphatic carbocycles. The maximum absolute atomic E-state index is 13.7. The molecule has 0 saturated heterocycles. The summed E-state index contributed by atoms with van der Waals surface area (Å²) in [6.45, 7) is 0.00206. The molecule has 8 nitrogen and oxygen atoms in total. The number of fused-ring (bicyclic) bond motifs is 2. The molecular formula is C17H18FIN6O2S. The minimum atomic E-state index is -3.71. The van der Waals surface area contributed by atoms with E-state index in [2.05, 4.69) is 49.7 Å². The zero-order valence-electron chi connectivity index (χ0n) is 14.8. The van der Waals surface area contributed by atoms with Crippen LogP contribution in [0.4, 0.5) is 10.2 Å². The molecule has 4 rings (SSSR count). The largest absolute Gasteiger partial charge is 0.382 e. The molecule has 0 amide bonds. The van der Waals surface area contributed by atoms with Gasteiger partial charge in [-0.05, 0) is 64.6 Å². The van der Waals surface area contributed by atoms with Crippen LogP contribution in [0.1, 0.15) is 28.9 Å². The fourth-order valence-corrected chi connectivity index (χ4v) is 4.74. The van der Waals surface area contributed by atoms with Gasteiger partial charge in [-0.25, -0.2) is 18.5 Å². The van der Waals surface area contributed by atoms with Crippen molar-refractivity contribution in [2.75, 3.05) is 11.5 Å². The molecule has 2 aromatic heterocycles. The molecule has 148 valence electrons. The lowest BCUT2D eigenvalue weighted by Gasteiger charge is -2.11. The number of nitrogen functional groups attached to an aromatic ring is 1. The second-order valence-corrected chi connectivity index (χ2v) is 9.74. The third-order valence-corrected chi connectivity index (χ3v) is 6.64. The first kappa shape index (κ1) is 19.5. The molecule has 11 heteroatoms. The van der Waals surface area contributed by atoms with Crippen molar-refractivity contribution in [1.82, 2.24) is 19.5 Å². The van der Waals surface area contributed by atoms with Gasteiger partial charge in [0.05, 0.1) is 5.75 Å². The van der Waals surface area contributed by atoms with Gasteiger partial charge in [0.15, 0.2) is 17.0 Å². The Morgan fingerprint density at radius 1 is 1.18 bits per heavy atom. The summed E-state index contributed by atoms with van der Waals surface area (Å²) in [6, 6.07) is 4.35. The summed E-state index contributed by atoms with van der Waals surface area (Å²) in [7, 11) is -3.71. The number of halogens is 2. The van der Waals surface area contributed by atoms with Crippen LogP contribution in [-0.4, -0.2) is 33.7 Å². The van der Waals surface area contributed by atoms with Gasteiger partial charge in [-0.3, -0.25) is 0 Å². The minimum Gasteiger partial charge on any atom is -0.382 e. The van der Waals surface area contributed by atoms with E-state index in [1.807, 2.05) is 0 Å². The highest BCUT2D eigenvalue weighted by molar-refractivity contribution is 14.1. The number of aromatic nitrogens is 4. The van der Waals surface area contributed by atoms with Crippen LogP contribution in [0, 0.1) is 9.65 Å². The van der Waals surface area contributed by atoms with E-state index in [4.69, 9.17) is 10.9 Å². The Kier molecular flexibility index (Phi) is 5.00. The lowest BCUT2D eigenvalue weighted by Crippen LogP contribution is -2.21. The summed E-state index contributed by atoms with van der Waals surface area (Å²) >= 11 is 2.29. The second kappa shape index (κ2) is 7.19. The highest BCUT2D eigenvalue weighted by Gasteiger charge is 2.20. The van der Waals surface area contributed by atoms with E-state index in [9.17, 15) is 12.8 Å². The SMILES string of the molecule is Nc1nc(F)nc2c1nc(Cc1cc3c(cc1I)CCC3)n2CCS(N)(=O)=O. The number of nitrogens with zero attached hydrogens (tertiary/aromatic N) is 4. The van der Waals surface area contributed by atoms with Gasteiger partial charge in [0.2, 0.25) is 10.0 Å². The van der Waals surface area contributed by atoms with E-state index in [0.717, 1.165) is 28.4 Å². The Morgan fingerprint density at radius 2 is 1.89 bits per heavy atom. The molecular weight excluding hydrogens is 498 g/mol. The second-order valence-electron chi connectivity index (χ2n) is 6.84. The van der Waals surface area contributed by atoms with Gasteiger partial charge >= 0.3 is 6.08 Å². The normalized spacial score (nSPS) is 14.0. The lowest BCUT2D eigenvalue weighted by atomic mass is 10.0. The Morgan fingerprint density at radius 3 is 2.61 bits per heavy atom. The summed E-state index contributed by atoms with van der Waals surface area (Å²) in [5, 5.41) is 5.15. The third kappa shape index (κ3) is 3.82. The van der Waals surface area contributed by atoms with Crippen LogP contribution in [0.2, 0.25) is 0 Å². The monoisotopic (exact) mass is 516 g/mol. The van der Waals surface area contributed by atoms with Crippen molar-refractivity contribution in [3.05, 3.63) is 44.3 Å². The van der Waals surface area contributed by atoms with E-state index >= 15 is 0 Å². The number of hydrogen-bond donors (Lipinski definition) is 2. The molecule has 1 aromatic carbocycles. The number of primary sulfonamides is 1. The summed E-state index contributed by atoms with van der Waals surface area (Å²) in [5.74, 6) is 0.140. The lowest BCUT2D eigenvalue weighted by molar-refractivity contribution is 0.542. The number of sulfonamides is 1. The Hall–Kier alpha value is -1.86. The number of anilines is 1. The van der Waals surface area contributed by atoms with Crippen LogP contribution in [0.15, 0.2) is 12.1 Å². The average molecular weight is 516 g/mol. The van der Waals surface area contributed by atoms with Crippen molar-refractivity contribution in [1.29, 1.82) is 0 Å². The zero-order valence-corrected chi connectivity index (χ0v) is 17.8. The first-order chi connectivity index (χ1) is 13.2. The molecule has 0 atom stereocenters. The highest BCUT2D eigenvalue weighted by atomic mass is 127. The molecule has 0 bridgehead atoms. The summed E-state index contributed by atoms with van der Waals surface area (Å²) in [6.07, 6.45) is 2.73. The maximum Gasteiger partial charge on any atom is 0.312 e. The van der Waals surface area contributed by atoms with Crippen LogP contribution >= 0.6 is 22.6 Å². The minimum absolute atomic E-state index is 0.00206. The zero-order chi connectivity index (χ0) is 20.1. The standard InChI is InChI=1S/C17H18FIN6O2S/c18-17-23-15(20)14-16(24-17)25(4-5-28(21,26)27)13(22-14)8-11-6-9-2-1-3-10(9)7-12(11)19/h6-7H,1-5,8H2,(H2,20,23,24)(H2,21,26,27). The fourth-order valence-electron chi connectivity index (χ4n) is 3.58. The van der Waals surface area contributed by atoms with Crippen molar-refractivity contribution in [2.24, 2.45) is 5.14 Å². The topological polar surface area (TPSA) is 130 Å². The number of aryl methyl sites for hydroxylation is 3. The molecule has 4 N–H and O–H groups in total. The molecule has 0 unspecified atom stereocenters. The molecule has 2 heterocycles. The van der Waals surface area contributed by atoms with E-state index in [1.165, 1.54) is 11.1 Å². The quantitative estimate of drug-likeness (QED) is 0.391. The molecule has 0 spiro atoms. The van der Waals surface area contributed by atoms with Crippen molar-refractivity contribution in [3.63, 3.8) is 0 Å². The van der Waals surface area contributed by atoms with Crippen LogP contribution in [0.25, 0.3) is 11.2 Å². The molecule has 0 radical (unpaired) electrons. The fraction of sp³-hybridized carbons (Fsp3) is 0.353. The first-order valence-corrected chi connectivity index (χ1v) is 11.5. The summed E-state index contributed by atoms with van der Waals surface area (Å²) in [5.41, 5.74) is 9.99. The van der Waals surface area contributed by atoms with Gasteiger partial charge in [-0.2, -0.15) is 14.4 Å². The van der Waals surface area contributed by atoms with Gasteiger partial charge < -0.3 is 10.3 Å². The van der Waals surface area contributed by atoms with Gasteiger partial charge in [0.25, 0.3) is 0 Å². The van der Waals surface area contributed by atoms with Crippen molar-refractivity contribution < 1.29 is 12.8 Å². The van der Waals surface area contributed by atoms with Gasteiger partial charge in [0, 0.05) is 16.5 Å². The number of hydrogen-bond acceptors (Lipinski definition) is 6. The number of nitrogens with two attached hydrogens (primary N) is 2. The molecule has 28 heavy (non-hydrogen) atoms. The van der Waals surface area contributed by atoms with E-state index in [0.29, 0.717) is 12.2 Å². The predicted molar refractivity (Wildman–Crippen MR) is 112 cm³/mol. The van der Waals surface area contributed by atoms with Crippen molar-refractivity contribution >= 4 is 49.6 Å². The number of rotatable bonds is 5. The molecule has 0 fully saturated rings. The number of imidazole rings is 1. The smallest absolute Gasteiger partial charge is 0.312 e. The van der Waals surface area contributed by atoms with E-state index in [-0.39, 0.29) is 29.3 Å². The molecule has 0 saturated carbocycles. The average Bonchev–Trinajstić information content (AvgIpc) is 3.17. The van der Waals surface area contributed by atoms with E-state index < -0.39 is 16.1 Å². The van der Waals surface area contributed by atoms with Gasteiger partial charge in [-0.1, -0.05) is 6.07 Å². The Balaban J connectivity index is 1.80. The van der Waals surface area contributed by atoms with Crippen LogP contribution < -0.4 is 10.9 Å². The number of benzene rings is 1. The molecule has 0 aliphatic heterocycles. The van der Waals surface area contributed by atoms with Crippen molar-refractivity contribution in [3.8, 4) is 0 Å². The highest BCUT2D eigenvalue weighted by Crippen LogP contribution is 2.29. The van der Waals surface area contributed by atoms with Crippen molar-refractivity contribution in [2.45, 2.75) is 32.2 Å². The Labute approximate surface area is 174 Å². The van der Waals surface area contributed by atoms with Gasteiger partial charge in [0.1, 0.15) is 5.82 Å². The first-order valence-electron chi connectivity index (χ1n) is 8.70. The Bertz CT molecular complexity index is 1190. The predicted octanol–water partition coefficient (Wildman–Crippen LogP) is 1.52.